The van der Waals surface area contributed by atoms with Crippen LogP contribution < -0.4 is 5.32 Å². The lowest BCUT2D eigenvalue weighted by Crippen LogP contribution is -2.52. The average Bonchev–Trinajstić information content (AvgIpc) is 3.06. The summed E-state index contributed by atoms with van der Waals surface area (Å²) >= 11 is 0. The molecular formula is C18H27N3O3. The lowest BCUT2D eigenvalue weighted by atomic mass is 9.91. The Morgan fingerprint density at radius 2 is 2.21 bits per heavy atom. The molecule has 24 heavy (non-hydrogen) atoms. The highest BCUT2D eigenvalue weighted by atomic mass is 16.3. The molecule has 3 amide bonds. The number of carbonyl (C=O) groups is 2. The van der Waals surface area contributed by atoms with Crippen LogP contribution in [-0.4, -0.2) is 47.9 Å². The Morgan fingerprint density at radius 1 is 1.38 bits per heavy atom. The number of hydrogen-bond donors (Lipinski definition) is 1. The molecule has 2 atom stereocenters. The molecule has 0 aromatic carbocycles. The second-order valence-electron chi connectivity index (χ2n) is 6.90. The van der Waals surface area contributed by atoms with Crippen LogP contribution in [0.4, 0.5) is 4.79 Å². The van der Waals surface area contributed by atoms with Gasteiger partial charge in [0, 0.05) is 26.1 Å². The van der Waals surface area contributed by atoms with Crippen LogP contribution in [0.3, 0.4) is 0 Å². The molecule has 3 rings (SSSR count). The van der Waals surface area contributed by atoms with Gasteiger partial charge in [0.2, 0.25) is 5.91 Å². The Hall–Kier alpha value is -1.98. The van der Waals surface area contributed by atoms with Crippen molar-refractivity contribution in [1.29, 1.82) is 0 Å². The van der Waals surface area contributed by atoms with E-state index in [-0.39, 0.29) is 24.5 Å². The number of nitrogens with zero attached hydrogens (tertiary/aromatic N) is 2. The number of urea groups is 1. The molecule has 6 heteroatoms. The van der Waals surface area contributed by atoms with Gasteiger partial charge in [-0.15, -0.1) is 0 Å². The van der Waals surface area contributed by atoms with E-state index in [9.17, 15) is 9.59 Å². The monoisotopic (exact) mass is 333 g/mol. The van der Waals surface area contributed by atoms with E-state index in [1.807, 2.05) is 17.0 Å². The molecule has 1 aromatic rings. The molecule has 2 fully saturated rings. The number of piperidine rings is 1. The number of furan rings is 1. The zero-order valence-electron chi connectivity index (χ0n) is 14.6. The molecule has 0 aliphatic carbocycles. The van der Waals surface area contributed by atoms with Crippen molar-refractivity contribution in [3.05, 3.63) is 23.7 Å². The van der Waals surface area contributed by atoms with Crippen LogP contribution in [0.25, 0.3) is 0 Å². The molecule has 0 bridgehead atoms. The molecule has 0 unspecified atom stereocenters. The fourth-order valence-electron chi connectivity index (χ4n) is 3.56. The van der Waals surface area contributed by atoms with Crippen molar-refractivity contribution in [1.82, 2.24) is 15.1 Å². The van der Waals surface area contributed by atoms with E-state index in [0.717, 1.165) is 43.7 Å². The molecule has 0 saturated carbocycles. The lowest BCUT2D eigenvalue weighted by Gasteiger charge is -2.39. The Bertz CT molecular complexity index is 598. The number of amides is 3. The van der Waals surface area contributed by atoms with Gasteiger partial charge in [-0.05, 0) is 37.3 Å². The predicted molar refractivity (Wildman–Crippen MR) is 90.5 cm³/mol. The summed E-state index contributed by atoms with van der Waals surface area (Å²) in [6, 6.07) is 3.84. The van der Waals surface area contributed by atoms with Crippen LogP contribution in [-0.2, 0) is 11.2 Å². The highest BCUT2D eigenvalue weighted by Crippen LogP contribution is 2.35. The summed E-state index contributed by atoms with van der Waals surface area (Å²) in [5.41, 5.74) is 0. The third-order valence-corrected chi connectivity index (χ3v) is 5.04. The molecule has 1 N–H and O–H groups in total. The molecule has 0 radical (unpaired) electrons. The molecule has 2 aliphatic rings. The number of carbonyl (C=O) groups excluding carboxylic acids is 2. The molecule has 6 nitrogen and oxygen atoms in total. The van der Waals surface area contributed by atoms with E-state index >= 15 is 0 Å². The Balaban J connectivity index is 1.73. The molecule has 3 heterocycles. The minimum absolute atomic E-state index is 0.0124. The zero-order valence-corrected chi connectivity index (χ0v) is 14.6. The number of aryl methyl sites for hydroxylation is 1. The maximum Gasteiger partial charge on any atom is 0.317 e. The summed E-state index contributed by atoms with van der Waals surface area (Å²) in [7, 11) is 0. The normalized spacial score (nSPS) is 24.8. The molecule has 1 aromatic heterocycles. The average molecular weight is 333 g/mol. The van der Waals surface area contributed by atoms with Crippen molar-refractivity contribution >= 4 is 11.9 Å². The summed E-state index contributed by atoms with van der Waals surface area (Å²) in [6.45, 7) is 6.49. The zero-order chi connectivity index (χ0) is 17.1. The number of rotatable bonds is 4. The Labute approximate surface area is 143 Å². The van der Waals surface area contributed by atoms with Gasteiger partial charge in [-0.2, -0.15) is 0 Å². The first-order valence-corrected chi connectivity index (χ1v) is 8.99. The van der Waals surface area contributed by atoms with Gasteiger partial charge in [0.05, 0.1) is 6.04 Å². The fraction of sp³-hybridized carbons (Fsp3) is 0.667. The smallest absolute Gasteiger partial charge is 0.317 e. The van der Waals surface area contributed by atoms with Gasteiger partial charge in [0.1, 0.15) is 18.1 Å². The highest BCUT2D eigenvalue weighted by molar-refractivity contribution is 5.84. The lowest BCUT2D eigenvalue weighted by molar-refractivity contribution is -0.137. The van der Waals surface area contributed by atoms with Crippen LogP contribution in [0.2, 0.25) is 0 Å². The Kier molecular flexibility index (Phi) is 5.11. The van der Waals surface area contributed by atoms with E-state index in [1.54, 1.807) is 4.90 Å². The molecule has 0 spiro atoms. The second kappa shape index (κ2) is 7.28. The van der Waals surface area contributed by atoms with E-state index in [0.29, 0.717) is 19.0 Å². The molecule has 2 saturated heterocycles. The number of likely N-dealkylation sites (tertiary alicyclic amines) is 1. The summed E-state index contributed by atoms with van der Waals surface area (Å²) in [6.07, 6.45) is 3.64. The second-order valence-corrected chi connectivity index (χ2v) is 6.90. The van der Waals surface area contributed by atoms with E-state index < -0.39 is 0 Å². The fourth-order valence-corrected chi connectivity index (χ4v) is 3.56. The maximum absolute atomic E-state index is 12.8. The van der Waals surface area contributed by atoms with Gasteiger partial charge in [0.15, 0.2) is 0 Å². The minimum Gasteiger partial charge on any atom is -0.464 e. The van der Waals surface area contributed by atoms with Gasteiger partial charge < -0.3 is 19.5 Å². The van der Waals surface area contributed by atoms with Crippen molar-refractivity contribution in [2.45, 2.75) is 45.6 Å². The Morgan fingerprint density at radius 3 is 2.92 bits per heavy atom. The predicted octanol–water partition coefficient (Wildman–Crippen LogP) is 2.56. The van der Waals surface area contributed by atoms with Crippen LogP contribution >= 0.6 is 0 Å². The van der Waals surface area contributed by atoms with Crippen LogP contribution in [0.1, 0.15) is 50.7 Å². The summed E-state index contributed by atoms with van der Waals surface area (Å²) in [4.78, 5) is 28.2. The quantitative estimate of drug-likeness (QED) is 0.921. The third kappa shape index (κ3) is 3.57. The molecule has 2 aliphatic heterocycles. The first kappa shape index (κ1) is 16.9. The topological polar surface area (TPSA) is 65.8 Å². The van der Waals surface area contributed by atoms with Crippen molar-refractivity contribution in [2.75, 3.05) is 26.2 Å². The molecule has 132 valence electrons. The largest absolute Gasteiger partial charge is 0.464 e. The summed E-state index contributed by atoms with van der Waals surface area (Å²) in [5.74, 6) is 2.40. The van der Waals surface area contributed by atoms with E-state index in [4.69, 9.17) is 4.42 Å². The van der Waals surface area contributed by atoms with Crippen molar-refractivity contribution in [3.63, 3.8) is 0 Å². The standard InChI is InChI=1S/C18H27N3O3/c1-3-14-5-6-16(24-14)15-11-13(2)7-10-21(15)17(22)12-20-9-4-8-19-18(20)23/h5-6,13,15H,3-4,7-12H2,1-2H3,(H,19,23)/t13-,15-/m0/s1. The van der Waals surface area contributed by atoms with Crippen molar-refractivity contribution in [2.24, 2.45) is 5.92 Å². The minimum atomic E-state index is -0.136. The van der Waals surface area contributed by atoms with Crippen LogP contribution in [0.5, 0.6) is 0 Å². The van der Waals surface area contributed by atoms with E-state index in [1.165, 1.54) is 0 Å². The van der Waals surface area contributed by atoms with E-state index in [2.05, 4.69) is 19.2 Å². The first-order valence-electron chi connectivity index (χ1n) is 8.99. The maximum atomic E-state index is 12.8. The van der Waals surface area contributed by atoms with Crippen molar-refractivity contribution < 1.29 is 14.0 Å². The van der Waals surface area contributed by atoms with Crippen LogP contribution in [0, 0.1) is 5.92 Å². The van der Waals surface area contributed by atoms with Gasteiger partial charge in [0.25, 0.3) is 0 Å². The highest BCUT2D eigenvalue weighted by Gasteiger charge is 2.34. The number of nitrogens with one attached hydrogen (secondary N) is 1. The summed E-state index contributed by atoms with van der Waals surface area (Å²) in [5, 5.41) is 2.80. The van der Waals surface area contributed by atoms with Gasteiger partial charge in [-0.25, -0.2) is 4.79 Å². The molecular weight excluding hydrogens is 306 g/mol. The van der Waals surface area contributed by atoms with Crippen molar-refractivity contribution in [3.8, 4) is 0 Å². The van der Waals surface area contributed by atoms with Crippen LogP contribution in [0.15, 0.2) is 16.5 Å². The first-order chi connectivity index (χ1) is 11.6. The third-order valence-electron chi connectivity index (χ3n) is 5.04. The van der Waals surface area contributed by atoms with Gasteiger partial charge in [-0.3, -0.25) is 4.79 Å². The van der Waals surface area contributed by atoms with Gasteiger partial charge in [-0.1, -0.05) is 13.8 Å². The summed E-state index contributed by atoms with van der Waals surface area (Å²) < 4.78 is 5.93. The SMILES string of the molecule is CCc1ccc([C@@H]2C[C@@H](C)CCN2C(=O)CN2CCCNC2=O)o1. The van der Waals surface area contributed by atoms with Gasteiger partial charge >= 0.3 is 6.03 Å². The number of hydrogen-bond acceptors (Lipinski definition) is 3.